The van der Waals surface area contributed by atoms with Crippen LogP contribution in [0.4, 0.5) is 0 Å². The van der Waals surface area contributed by atoms with E-state index in [-0.39, 0.29) is 31.3 Å². The third-order valence-corrected chi connectivity index (χ3v) is 6.07. The van der Waals surface area contributed by atoms with Gasteiger partial charge in [-0.25, -0.2) is 0 Å². The number of rotatable bonds is 30. The quantitative estimate of drug-likeness (QED) is 0.0905. The van der Waals surface area contributed by atoms with E-state index >= 15 is 0 Å². The van der Waals surface area contributed by atoms with Crippen molar-refractivity contribution in [3.8, 4) is 0 Å². The topological polar surface area (TPSA) is 120 Å². The monoisotopic (exact) mass is 545 g/mol. The SMILES string of the molecule is CCCCCCCCCCCCCCCC(=O)OCCOCCOCCOCCCNC(=O)CCC(=O)O. The Balaban J connectivity index is 3.20. The number of ether oxygens (including phenoxy) is 4. The molecule has 9 nitrogen and oxygen atoms in total. The number of carboxylic acid groups (broad SMARTS) is 1. The van der Waals surface area contributed by atoms with Crippen molar-refractivity contribution in [3.05, 3.63) is 0 Å². The Morgan fingerprint density at radius 2 is 1.03 bits per heavy atom. The molecule has 0 fully saturated rings. The van der Waals surface area contributed by atoms with E-state index in [0.717, 1.165) is 12.8 Å². The lowest BCUT2D eigenvalue weighted by atomic mass is 10.0. The Morgan fingerprint density at radius 1 is 0.553 bits per heavy atom. The fourth-order valence-corrected chi connectivity index (χ4v) is 3.83. The van der Waals surface area contributed by atoms with Crippen molar-refractivity contribution in [2.24, 2.45) is 0 Å². The predicted octanol–water partition coefficient (Wildman–Crippen LogP) is 5.43. The summed E-state index contributed by atoms with van der Waals surface area (Å²) in [7, 11) is 0. The largest absolute Gasteiger partial charge is 0.481 e. The maximum absolute atomic E-state index is 11.8. The van der Waals surface area contributed by atoms with Crippen LogP contribution in [0.15, 0.2) is 0 Å². The molecule has 2 N–H and O–H groups in total. The molecule has 0 aromatic heterocycles. The maximum atomic E-state index is 11.8. The molecule has 0 saturated carbocycles. The second-order valence-corrected chi connectivity index (χ2v) is 9.65. The van der Waals surface area contributed by atoms with Crippen LogP contribution in [0.2, 0.25) is 0 Å². The molecular formula is C29H55NO8. The van der Waals surface area contributed by atoms with Crippen LogP contribution in [0.5, 0.6) is 0 Å². The first kappa shape index (κ1) is 36.3. The molecule has 0 aromatic rings. The van der Waals surface area contributed by atoms with Crippen LogP contribution < -0.4 is 5.32 Å². The zero-order valence-corrected chi connectivity index (χ0v) is 24.0. The van der Waals surface area contributed by atoms with Crippen molar-refractivity contribution in [1.82, 2.24) is 5.32 Å². The van der Waals surface area contributed by atoms with Gasteiger partial charge in [-0.2, -0.15) is 0 Å². The Hall–Kier alpha value is -1.71. The molecule has 0 aromatic carbocycles. The van der Waals surface area contributed by atoms with Crippen molar-refractivity contribution in [3.63, 3.8) is 0 Å². The molecule has 0 saturated heterocycles. The number of aliphatic carboxylic acids is 1. The molecule has 0 unspecified atom stereocenters. The van der Waals surface area contributed by atoms with Gasteiger partial charge >= 0.3 is 11.9 Å². The van der Waals surface area contributed by atoms with Crippen LogP contribution in [0.1, 0.15) is 116 Å². The summed E-state index contributed by atoms with van der Waals surface area (Å²) in [4.78, 5) is 33.5. The standard InChI is InChI=1S/C29H55NO8/c1-2-3-4-5-6-7-8-9-10-11-12-13-14-16-29(34)38-26-25-37-24-23-36-22-21-35-20-15-19-30-27(31)17-18-28(32)33/h2-26H2,1H3,(H,30,31)(H,32,33). The Kier molecular flexibility index (Phi) is 28.5. The van der Waals surface area contributed by atoms with E-state index < -0.39 is 5.97 Å². The molecule has 0 rings (SSSR count). The van der Waals surface area contributed by atoms with Gasteiger partial charge in [0.25, 0.3) is 0 Å². The Morgan fingerprint density at radius 3 is 1.55 bits per heavy atom. The minimum Gasteiger partial charge on any atom is -0.481 e. The average Bonchev–Trinajstić information content (AvgIpc) is 2.90. The molecule has 38 heavy (non-hydrogen) atoms. The highest BCUT2D eigenvalue weighted by Gasteiger charge is 2.04. The molecule has 0 aliphatic rings. The highest BCUT2D eigenvalue weighted by molar-refractivity contribution is 5.80. The van der Waals surface area contributed by atoms with E-state index in [1.165, 1.54) is 70.6 Å². The number of hydrogen-bond donors (Lipinski definition) is 2. The molecule has 0 atom stereocenters. The lowest BCUT2D eigenvalue weighted by molar-refractivity contribution is -0.145. The van der Waals surface area contributed by atoms with Gasteiger partial charge in [0.1, 0.15) is 6.61 Å². The molecule has 1 amide bonds. The van der Waals surface area contributed by atoms with Crippen molar-refractivity contribution in [1.29, 1.82) is 0 Å². The summed E-state index contributed by atoms with van der Waals surface area (Å²) in [5, 5.41) is 11.2. The van der Waals surface area contributed by atoms with Crippen molar-refractivity contribution in [2.45, 2.75) is 116 Å². The molecule has 224 valence electrons. The molecule has 0 spiro atoms. The first-order valence-electron chi connectivity index (χ1n) is 14.9. The van der Waals surface area contributed by atoms with E-state index in [4.69, 9.17) is 24.1 Å². The lowest BCUT2D eigenvalue weighted by Crippen LogP contribution is -2.25. The van der Waals surface area contributed by atoms with E-state index in [2.05, 4.69) is 12.2 Å². The van der Waals surface area contributed by atoms with Gasteiger partial charge in [0, 0.05) is 26.0 Å². The zero-order chi connectivity index (χ0) is 27.9. The molecule has 0 aliphatic carbocycles. The number of esters is 1. The number of nitrogens with one attached hydrogen (secondary N) is 1. The van der Waals surface area contributed by atoms with Gasteiger partial charge in [-0.1, -0.05) is 84.0 Å². The van der Waals surface area contributed by atoms with Crippen molar-refractivity contribution >= 4 is 17.8 Å². The zero-order valence-electron chi connectivity index (χ0n) is 24.0. The van der Waals surface area contributed by atoms with Gasteiger partial charge in [0.05, 0.1) is 39.5 Å². The van der Waals surface area contributed by atoms with Crippen molar-refractivity contribution in [2.75, 3.05) is 52.8 Å². The van der Waals surface area contributed by atoms with Gasteiger partial charge in [-0.05, 0) is 12.8 Å². The van der Waals surface area contributed by atoms with Gasteiger partial charge in [-0.3, -0.25) is 14.4 Å². The summed E-state index contributed by atoms with van der Waals surface area (Å²) in [5.74, 6) is -1.39. The number of hydrogen-bond acceptors (Lipinski definition) is 7. The lowest BCUT2D eigenvalue weighted by Gasteiger charge is -2.08. The number of amides is 1. The number of carboxylic acids is 1. The minimum atomic E-state index is -0.979. The average molecular weight is 546 g/mol. The summed E-state index contributed by atoms with van der Waals surface area (Å²) in [5.41, 5.74) is 0. The van der Waals surface area contributed by atoms with Crippen LogP contribution >= 0.6 is 0 Å². The summed E-state index contributed by atoms with van der Waals surface area (Å²) < 4.78 is 21.4. The van der Waals surface area contributed by atoms with E-state index in [1.807, 2.05) is 0 Å². The van der Waals surface area contributed by atoms with Crippen molar-refractivity contribution < 1.29 is 38.4 Å². The van der Waals surface area contributed by atoms with Gasteiger partial charge in [-0.15, -0.1) is 0 Å². The molecule has 9 heteroatoms. The highest BCUT2D eigenvalue weighted by Crippen LogP contribution is 2.13. The van der Waals surface area contributed by atoms with Crippen LogP contribution in [-0.2, 0) is 33.3 Å². The van der Waals surface area contributed by atoms with Gasteiger partial charge < -0.3 is 29.4 Å². The summed E-state index contributed by atoms with van der Waals surface area (Å²) in [6.07, 6.45) is 17.7. The molecular weight excluding hydrogens is 490 g/mol. The molecule has 0 aliphatic heterocycles. The molecule has 0 bridgehead atoms. The summed E-state index contributed by atoms with van der Waals surface area (Å²) in [6, 6.07) is 0. The van der Waals surface area contributed by atoms with Crippen LogP contribution in [0, 0.1) is 0 Å². The molecule has 0 radical (unpaired) electrons. The fourth-order valence-electron chi connectivity index (χ4n) is 3.83. The predicted molar refractivity (Wildman–Crippen MR) is 148 cm³/mol. The smallest absolute Gasteiger partial charge is 0.305 e. The Labute approximate surface area is 230 Å². The third kappa shape index (κ3) is 30.5. The van der Waals surface area contributed by atoms with Gasteiger partial charge in [0.2, 0.25) is 5.91 Å². The number of carbonyl (C=O) groups is 3. The highest BCUT2D eigenvalue weighted by atomic mass is 16.6. The van der Waals surface area contributed by atoms with Crippen LogP contribution in [-0.4, -0.2) is 75.7 Å². The number of unbranched alkanes of at least 4 members (excludes halogenated alkanes) is 12. The minimum absolute atomic E-state index is 0.00591. The first-order valence-corrected chi connectivity index (χ1v) is 14.9. The fraction of sp³-hybridized carbons (Fsp3) is 0.897. The van der Waals surface area contributed by atoms with E-state index in [0.29, 0.717) is 59.0 Å². The normalized spacial score (nSPS) is 11.0. The third-order valence-electron chi connectivity index (χ3n) is 6.07. The Bertz CT molecular complexity index is 559. The van der Waals surface area contributed by atoms with Crippen LogP contribution in [0.3, 0.4) is 0 Å². The maximum Gasteiger partial charge on any atom is 0.305 e. The van der Waals surface area contributed by atoms with Gasteiger partial charge in [0.15, 0.2) is 0 Å². The van der Waals surface area contributed by atoms with E-state index in [1.54, 1.807) is 0 Å². The van der Waals surface area contributed by atoms with Crippen LogP contribution in [0.25, 0.3) is 0 Å². The molecule has 0 heterocycles. The number of carbonyl (C=O) groups excluding carboxylic acids is 2. The van der Waals surface area contributed by atoms with E-state index in [9.17, 15) is 14.4 Å². The summed E-state index contributed by atoms with van der Waals surface area (Å²) in [6.45, 7) is 5.60. The first-order chi connectivity index (χ1) is 18.6. The second-order valence-electron chi connectivity index (χ2n) is 9.65. The summed E-state index contributed by atoms with van der Waals surface area (Å²) >= 11 is 0. The second kappa shape index (κ2) is 29.8.